The number of hydrogen-bond acceptors (Lipinski definition) is 6. The molecule has 0 aromatic heterocycles. The zero-order valence-corrected chi connectivity index (χ0v) is 13.9. The van der Waals surface area contributed by atoms with Gasteiger partial charge in [-0.3, -0.25) is 14.9 Å². The molecule has 1 aromatic rings. The third kappa shape index (κ3) is 5.43. The van der Waals surface area contributed by atoms with Crippen molar-refractivity contribution in [2.75, 3.05) is 18.6 Å². The number of benzene rings is 1. The highest BCUT2D eigenvalue weighted by molar-refractivity contribution is 9.10. The summed E-state index contributed by atoms with van der Waals surface area (Å²) in [4.78, 5) is 22.0. The van der Waals surface area contributed by atoms with Crippen LogP contribution in [-0.4, -0.2) is 37.7 Å². The largest absolute Gasteiger partial charge is 0.486 e. The van der Waals surface area contributed by atoms with Gasteiger partial charge in [0.15, 0.2) is 5.78 Å². The number of nitrogens with zero attached hydrogens (tertiary/aromatic N) is 1. The number of ether oxygens (including phenoxy) is 1. The molecule has 0 unspecified atom stereocenters. The summed E-state index contributed by atoms with van der Waals surface area (Å²) in [5, 5.41) is 11.0. The Morgan fingerprint density at radius 1 is 1.43 bits per heavy atom. The van der Waals surface area contributed by atoms with Crippen LogP contribution in [0.15, 0.2) is 16.6 Å². The van der Waals surface area contributed by atoms with Crippen molar-refractivity contribution in [3.8, 4) is 5.75 Å². The highest BCUT2D eigenvalue weighted by Gasteiger charge is 2.23. The van der Waals surface area contributed by atoms with Crippen LogP contribution in [0.25, 0.3) is 0 Å². The Bertz CT molecular complexity index is 635. The molecule has 0 amide bonds. The van der Waals surface area contributed by atoms with Crippen LogP contribution in [0.3, 0.4) is 0 Å². The molecule has 0 spiro atoms. The predicted molar refractivity (Wildman–Crippen MR) is 80.6 cm³/mol. The summed E-state index contributed by atoms with van der Waals surface area (Å²) in [6, 6.07) is 2.67. The molecule has 0 atom stereocenters. The molecule has 0 bridgehead atoms. The van der Waals surface area contributed by atoms with E-state index < -0.39 is 14.8 Å². The van der Waals surface area contributed by atoms with Crippen LogP contribution in [0, 0.1) is 10.1 Å². The maximum atomic E-state index is 11.6. The van der Waals surface area contributed by atoms with Crippen LogP contribution in [-0.2, 0) is 9.84 Å². The summed E-state index contributed by atoms with van der Waals surface area (Å²) in [6.45, 7) is 1.24. The van der Waals surface area contributed by atoms with Crippen molar-refractivity contribution in [2.24, 2.45) is 0 Å². The van der Waals surface area contributed by atoms with Gasteiger partial charge in [-0.15, -0.1) is 0 Å². The first-order valence-electron chi connectivity index (χ1n) is 5.91. The van der Waals surface area contributed by atoms with Crippen LogP contribution in [0.4, 0.5) is 5.69 Å². The fourth-order valence-corrected chi connectivity index (χ4v) is 2.71. The Labute approximate surface area is 130 Å². The minimum absolute atomic E-state index is 0.0319. The minimum Gasteiger partial charge on any atom is -0.486 e. The molecule has 0 heterocycles. The lowest BCUT2D eigenvalue weighted by Crippen LogP contribution is -2.10. The number of halogens is 1. The smallest absolute Gasteiger partial charge is 0.312 e. The van der Waals surface area contributed by atoms with Crippen LogP contribution in [0.1, 0.15) is 23.7 Å². The monoisotopic (exact) mass is 379 g/mol. The van der Waals surface area contributed by atoms with E-state index in [0.29, 0.717) is 4.47 Å². The highest BCUT2D eigenvalue weighted by atomic mass is 79.9. The number of hydrogen-bond donors (Lipinski definition) is 0. The van der Waals surface area contributed by atoms with Gasteiger partial charge >= 0.3 is 5.69 Å². The number of Topliss-reactive ketones (excluding diaryl/α,β-unsaturated/α-hetero) is 1. The zero-order valence-electron chi connectivity index (χ0n) is 11.5. The fourth-order valence-electron chi connectivity index (χ4n) is 1.62. The molecule has 9 heteroatoms. The first-order valence-corrected chi connectivity index (χ1v) is 8.76. The highest BCUT2D eigenvalue weighted by Crippen LogP contribution is 2.35. The van der Waals surface area contributed by atoms with Crippen LogP contribution in [0.5, 0.6) is 5.75 Å². The molecule has 0 N–H and O–H groups in total. The summed E-state index contributed by atoms with van der Waals surface area (Å²) in [5.41, 5.74) is -0.260. The van der Waals surface area contributed by atoms with Crippen molar-refractivity contribution in [2.45, 2.75) is 13.3 Å². The van der Waals surface area contributed by atoms with Crippen molar-refractivity contribution in [3.63, 3.8) is 0 Å². The Morgan fingerprint density at radius 3 is 2.52 bits per heavy atom. The molecule has 1 aromatic carbocycles. The van der Waals surface area contributed by atoms with Gasteiger partial charge in [0.25, 0.3) is 0 Å². The second-order valence-electron chi connectivity index (χ2n) is 4.45. The van der Waals surface area contributed by atoms with Gasteiger partial charge in [0.2, 0.25) is 5.75 Å². The molecule has 21 heavy (non-hydrogen) atoms. The molecule has 0 radical (unpaired) electrons. The van der Waals surface area contributed by atoms with Crippen molar-refractivity contribution in [1.82, 2.24) is 0 Å². The molecule has 0 aliphatic rings. The first-order chi connectivity index (χ1) is 9.61. The number of ketones is 1. The average Bonchev–Trinajstić information content (AvgIpc) is 2.33. The van der Waals surface area contributed by atoms with Crippen molar-refractivity contribution in [3.05, 3.63) is 32.3 Å². The number of carbonyl (C=O) groups is 1. The average molecular weight is 380 g/mol. The Hall–Kier alpha value is -1.48. The van der Waals surface area contributed by atoms with Gasteiger partial charge in [0.05, 0.1) is 22.8 Å². The van der Waals surface area contributed by atoms with Crippen LogP contribution in [0.2, 0.25) is 0 Å². The summed E-state index contributed by atoms with van der Waals surface area (Å²) < 4.78 is 27.7. The summed E-state index contributed by atoms with van der Waals surface area (Å²) in [7, 11) is -3.13. The predicted octanol–water partition coefficient (Wildman–Crippen LogP) is 2.37. The SMILES string of the molecule is CC(=O)c1cc(Br)cc([N+](=O)[O-])c1OCCCS(C)(=O)=O. The van der Waals surface area contributed by atoms with Crippen LogP contribution >= 0.6 is 15.9 Å². The van der Waals surface area contributed by atoms with Crippen molar-refractivity contribution >= 4 is 37.2 Å². The van der Waals surface area contributed by atoms with E-state index in [-0.39, 0.29) is 41.6 Å². The summed E-state index contributed by atoms with van der Waals surface area (Å²) >= 11 is 3.10. The molecule has 0 saturated carbocycles. The van der Waals surface area contributed by atoms with Crippen LogP contribution < -0.4 is 4.74 Å². The lowest BCUT2D eigenvalue weighted by atomic mass is 10.1. The Morgan fingerprint density at radius 2 is 2.05 bits per heavy atom. The van der Waals surface area contributed by atoms with Gasteiger partial charge in [0.1, 0.15) is 9.84 Å². The first kappa shape index (κ1) is 17.6. The minimum atomic E-state index is -3.13. The second kappa shape index (κ2) is 6.99. The molecular weight excluding hydrogens is 366 g/mol. The van der Waals surface area contributed by atoms with Gasteiger partial charge in [0, 0.05) is 16.8 Å². The number of nitro benzene ring substituents is 1. The second-order valence-corrected chi connectivity index (χ2v) is 7.62. The normalized spacial score (nSPS) is 11.2. The molecule has 1 rings (SSSR count). The third-order valence-corrected chi connectivity index (χ3v) is 4.00. The van der Waals surface area contributed by atoms with Gasteiger partial charge < -0.3 is 4.74 Å². The Balaban J connectivity index is 3.03. The molecule has 0 saturated heterocycles. The number of carbonyl (C=O) groups excluding carboxylic acids is 1. The molecule has 0 aliphatic carbocycles. The topological polar surface area (TPSA) is 104 Å². The van der Waals surface area contributed by atoms with Gasteiger partial charge in [-0.2, -0.15) is 0 Å². The van der Waals surface area contributed by atoms with E-state index >= 15 is 0 Å². The molecule has 0 fully saturated rings. The number of nitro groups is 1. The van der Waals surface area contributed by atoms with E-state index in [2.05, 4.69) is 15.9 Å². The van der Waals surface area contributed by atoms with Crippen molar-refractivity contribution < 1.29 is 22.9 Å². The molecule has 116 valence electrons. The molecule has 0 aliphatic heterocycles. The van der Waals surface area contributed by atoms with E-state index in [4.69, 9.17) is 4.74 Å². The van der Waals surface area contributed by atoms with Gasteiger partial charge in [-0.25, -0.2) is 8.42 Å². The van der Waals surface area contributed by atoms with E-state index in [0.717, 1.165) is 6.26 Å². The standard InChI is InChI=1S/C12H14BrNO6S/c1-8(15)10-6-9(13)7-11(14(16)17)12(10)20-4-3-5-21(2,18)19/h6-7H,3-5H2,1-2H3. The van der Waals surface area contributed by atoms with Crippen molar-refractivity contribution in [1.29, 1.82) is 0 Å². The van der Waals surface area contributed by atoms with E-state index in [1.54, 1.807) is 0 Å². The molecular formula is C12H14BrNO6S. The third-order valence-electron chi connectivity index (χ3n) is 2.52. The maximum absolute atomic E-state index is 11.6. The lowest BCUT2D eigenvalue weighted by Gasteiger charge is -2.10. The van der Waals surface area contributed by atoms with E-state index in [1.807, 2.05) is 0 Å². The number of sulfone groups is 1. The van der Waals surface area contributed by atoms with E-state index in [1.165, 1.54) is 19.1 Å². The van der Waals surface area contributed by atoms with Gasteiger partial charge in [-0.05, 0) is 19.4 Å². The number of rotatable bonds is 7. The lowest BCUT2D eigenvalue weighted by molar-refractivity contribution is -0.386. The summed E-state index contributed by atoms with van der Waals surface area (Å²) in [6.07, 6.45) is 1.28. The summed E-state index contributed by atoms with van der Waals surface area (Å²) in [5.74, 6) is -0.603. The van der Waals surface area contributed by atoms with E-state index in [9.17, 15) is 23.3 Å². The Kier molecular flexibility index (Phi) is 5.85. The van der Waals surface area contributed by atoms with Gasteiger partial charge in [-0.1, -0.05) is 15.9 Å². The quantitative estimate of drug-likeness (QED) is 0.311. The zero-order chi connectivity index (χ0) is 16.2. The maximum Gasteiger partial charge on any atom is 0.312 e. The molecule has 7 nitrogen and oxygen atoms in total. The fraction of sp³-hybridized carbons (Fsp3) is 0.417.